The minimum atomic E-state index is -0.387. The molecule has 1 N–H and O–H groups in total. The van der Waals surface area contributed by atoms with Gasteiger partial charge in [0.25, 0.3) is 0 Å². The maximum absolute atomic E-state index is 3.59. The van der Waals surface area contributed by atoms with E-state index in [-0.39, 0.29) is 5.41 Å². The average Bonchev–Trinajstić information content (AvgIpc) is 3.29. The van der Waals surface area contributed by atoms with Crippen LogP contribution in [0.2, 0.25) is 0 Å². The number of anilines is 2. The Labute approximate surface area is 229 Å². The number of allylic oxidation sites excluding steroid dienone is 1. The fraction of sp³-hybridized carbons (Fsp3) is 0.0811. The summed E-state index contributed by atoms with van der Waals surface area (Å²) in [5, 5.41) is 3.59. The summed E-state index contributed by atoms with van der Waals surface area (Å²) in [5.41, 5.74) is 15.2. The molecule has 0 amide bonds. The van der Waals surface area contributed by atoms with Crippen molar-refractivity contribution in [2.24, 2.45) is 0 Å². The largest absolute Gasteiger partial charge is 0.387 e. The quantitative estimate of drug-likeness (QED) is 0.261. The van der Waals surface area contributed by atoms with Crippen LogP contribution in [0.5, 0.6) is 0 Å². The molecule has 0 fully saturated rings. The molecule has 1 unspecified atom stereocenters. The van der Waals surface area contributed by atoms with Crippen LogP contribution >= 0.6 is 0 Å². The lowest BCUT2D eigenvalue weighted by Gasteiger charge is -2.47. The molecule has 1 spiro atoms. The van der Waals surface area contributed by atoms with Gasteiger partial charge in [-0.1, -0.05) is 103 Å². The highest BCUT2D eigenvalue weighted by molar-refractivity contribution is 5.93. The molecular formula is C37H28N2. The first-order valence-electron chi connectivity index (χ1n) is 13.7. The number of dihydropyridines is 1. The van der Waals surface area contributed by atoms with Gasteiger partial charge >= 0.3 is 0 Å². The monoisotopic (exact) mass is 500 g/mol. The molecule has 0 saturated heterocycles. The van der Waals surface area contributed by atoms with Gasteiger partial charge in [-0.2, -0.15) is 0 Å². The summed E-state index contributed by atoms with van der Waals surface area (Å²) in [4.78, 5) is 2.44. The third-order valence-corrected chi connectivity index (χ3v) is 8.63. The summed E-state index contributed by atoms with van der Waals surface area (Å²) in [7, 11) is 0. The van der Waals surface area contributed by atoms with Crippen molar-refractivity contribution in [3.8, 4) is 22.3 Å². The smallest absolute Gasteiger partial charge is 0.0734 e. The van der Waals surface area contributed by atoms with E-state index in [4.69, 9.17) is 0 Å². The van der Waals surface area contributed by atoms with Crippen LogP contribution in [0.25, 0.3) is 22.3 Å². The number of rotatable bonds is 2. The van der Waals surface area contributed by atoms with Gasteiger partial charge in [0.2, 0.25) is 0 Å². The van der Waals surface area contributed by atoms with Crippen LogP contribution in [-0.2, 0) is 5.41 Å². The van der Waals surface area contributed by atoms with E-state index in [0.29, 0.717) is 0 Å². The lowest BCUT2D eigenvalue weighted by atomic mass is 9.63. The predicted molar refractivity (Wildman–Crippen MR) is 161 cm³/mol. The first-order valence-corrected chi connectivity index (χ1v) is 13.7. The summed E-state index contributed by atoms with van der Waals surface area (Å²) in [6.07, 6.45) is 4.36. The Kier molecular flexibility index (Phi) is 4.75. The van der Waals surface area contributed by atoms with E-state index < -0.39 is 0 Å². The Morgan fingerprint density at radius 3 is 2.18 bits per heavy atom. The maximum atomic E-state index is 3.59. The van der Waals surface area contributed by atoms with Gasteiger partial charge in [0, 0.05) is 12.2 Å². The molecule has 1 aliphatic carbocycles. The zero-order valence-corrected chi connectivity index (χ0v) is 21.9. The van der Waals surface area contributed by atoms with E-state index in [1.807, 2.05) is 0 Å². The van der Waals surface area contributed by atoms with Crippen LogP contribution in [0.1, 0.15) is 22.3 Å². The number of benzene rings is 5. The molecule has 186 valence electrons. The normalized spacial score (nSPS) is 18.3. The third kappa shape index (κ3) is 3.03. The molecule has 39 heavy (non-hydrogen) atoms. The zero-order valence-electron chi connectivity index (χ0n) is 21.9. The summed E-state index contributed by atoms with van der Waals surface area (Å²) < 4.78 is 0. The predicted octanol–water partition coefficient (Wildman–Crippen LogP) is 8.50. The van der Waals surface area contributed by atoms with E-state index in [1.165, 1.54) is 67.2 Å². The Balaban J connectivity index is 1.49. The van der Waals surface area contributed by atoms with Crippen molar-refractivity contribution in [3.63, 3.8) is 0 Å². The number of nitrogens with one attached hydrogen (secondary N) is 1. The van der Waals surface area contributed by atoms with E-state index >= 15 is 0 Å². The van der Waals surface area contributed by atoms with Gasteiger partial charge in [0.15, 0.2) is 0 Å². The topological polar surface area (TPSA) is 15.3 Å². The number of aryl methyl sites for hydroxylation is 1. The van der Waals surface area contributed by atoms with Crippen LogP contribution in [0.4, 0.5) is 11.4 Å². The number of fused-ring (bicyclic) bond motifs is 8. The van der Waals surface area contributed by atoms with Gasteiger partial charge in [-0.25, -0.2) is 0 Å². The lowest BCUT2D eigenvalue weighted by molar-refractivity contribution is 0.667. The Hall–Kier alpha value is -4.82. The molecule has 2 heterocycles. The second-order valence-corrected chi connectivity index (χ2v) is 10.7. The minimum absolute atomic E-state index is 0.387. The van der Waals surface area contributed by atoms with Gasteiger partial charge in [-0.3, -0.25) is 0 Å². The van der Waals surface area contributed by atoms with Crippen molar-refractivity contribution in [3.05, 3.63) is 167 Å². The number of nitrogens with zero attached hydrogens (tertiary/aromatic N) is 1. The molecular weight excluding hydrogens is 472 g/mol. The van der Waals surface area contributed by atoms with Gasteiger partial charge in [-0.15, -0.1) is 0 Å². The maximum Gasteiger partial charge on any atom is 0.0734 e. The van der Waals surface area contributed by atoms with E-state index in [9.17, 15) is 0 Å². The van der Waals surface area contributed by atoms with Crippen molar-refractivity contribution in [1.29, 1.82) is 0 Å². The highest BCUT2D eigenvalue weighted by atomic mass is 15.2. The van der Waals surface area contributed by atoms with Crippen molar-refractivity contribution < 1.29 is 0 Å². The van der Waals surface area contributed by atoms with Crippen molar-refractivity contribution in [2.75, 3.05) is 11.4 Å². The third-order valence-electron chi connectivity index (χ3n) is 8.63. The van der Waals surface area contributed by atoms with E-state index in [0.717, 1.165) is 6.54 Å². The summed E-state index contributed by atoms with van der Waals surface area (Å²) in [6, 6.07) is 44.8. The molecule has 2 aliphatic heterocycles. The van der Waals surface area contributed by atoms with Crippen LogP contribution in [0.15, 0.2) is 145 Å². The molecule has 2 nitrogen and oxygen atoms in total. The number of hydrogen-bond donors (Lipinski definition) is 1. The van der Waals surface area contributed by atoms with Crippen LogP contribution in [0.3, 0.4) is 0 Å². The molecule has 2 heteroatoms. The second-order valence-electron chi connectivity index (χ2n) is 10.7. The van der Waals surface area contributed by atoms with Crippen LogP contribution in [0, 0.1) is 6.92 Å². The molecule has 0 radical (unpaired) electrons. The zero-order chi connectivity index (χ0) is 26.0. The van der Waals surface area contributed by atoms with Gasteiger partial charge < -0.3 is 10.2 Å². The van der Waals surface area contributed by atoms with Gasteiger partial charge in [-0.05, 0) is 88.0 Å². The molecule has 0 bridgehead atoms. The molecule has 3 aliphatic rings. The molecule has 5 aromatic carbocycles. The molecule has 5 aromatic rings. The fourth-order valence-corrected chi connectivity index (χ4v) is 6.98. The Morgan fingerprint density at radius 1 is 0.641 bits per heavy atom. The SMILES string of the molecule is Cc1ccc(-c2ccc3c(c2)C2(C4=C(C=CNC4)N(c4ccccc4)c4ccccc42)c2ccccc2-3)cc1. The Morgan fingerprint density at radius 2 is 1.33 bits per heavy atom. The van der Waals surface area contributed by atoms with Gasteiger partial charge in [0.05, 0.1) is 16.8 Å². The lowest BCUT2D eigenvalue weighted by Crippen LogP contribution is -2.43. The van der Waals surface area contributed by atoms with Gasteiger partial charge in [0.1, 0.15) is 0 Å². The average molecular weight is 501 g/mol. The van der Waals surface area contributed by atoms with Crippen molar-refractivity contribution >= 4 is 11.4 Å². The number of para-hydroxylation sites is 2. The molecule has 8 rings (SSSR count). The highest BCUT2D eigenvalue weighted by Gasteiger charge is 2.52. The van der Waals surface area contributed by atoms with E-state index in [2.05, 4.69) is 151 Å². The summed E-state index contributed by atoms with van der Waals surface area (Å²) >= 11 is 0. The number of hydrogen-bond acceptors (Lipinski definition) is 2. The second kappa shape index (κ2) is 8.34. The van der Waals surface area contributed by atoms with Crippen molar-refractivity contribution in [2.45, 2.75) is 12.3 Å². The van der Waals surface area contributed by atoms with E-state index in [1.54, 1.807) is 0 Å². The molecule has 0 aromatic heterocycles. The summed E-state index contributed by atoms with van der Waals surface area (Å²) in [6.45, 7) is 2.93. The standard InChI is InChI=1S/C37H28N2/c1-25-15-17-26(18-16-25)27-19-20-30-29-11-5-6-12-31(29)37(33(30)23-27)32-13-7-8-14-35(32)39(28-9-3-2-4-10-28)36-21-22-38-24-34(36)37/h2-23,38H,24H2,1H3. The van der Waals surface area contributed by atoms with Crippen LogP contribution in [-0.4, -0.2) is 6.54 Å². The molecule has 0 saturated carbocycles. The van der Waals surface area contributed by atoms with Crippen LogP contribution < -0.4 is 10.2 Å². The minimum Gasteiger partial charge on any atom is -0.387 e. The Bertz CT molecular complexity index is 1810. The van der Waals surface area contributed by atoms with Crippen molar-refractivity contribution in [1.82, 2.24) is 5.32 Å². The first kappa shape index (κ1) is 22.2. The molecule has 1 atom stereocenters. The first-order chi connectivity index (χ1) is 19.3. The fourth-order valence-electron chi connectivity index (χ4n) is 6.98. The summed E-state index contributed by atoms with van der Waals surface area (Å²) in [5.74, 6) is 0. The highest BCUT2D eigenvalue weighted by Crippen LogP contribution is 2.62.